The van der Waals surface area contributed by atoms with Crippen LogP contribution >= 0.6 is 11.8 Å². The van der Waals surface area contributed by atoms with Crippen LogP contribution in [-0.2, 0) is 4.79 Å². The van der Waals surface area contributed by atoms with Crippen LogP contribution in [-0.4, -0.2) is 10.0 Å². The Kier molecular flexibility index (Phi) is 6.62. The number of nitrogens with zero attached hydrogens (tertiary/aromatic N) is 1. The summed E-state index contributed by atoms with van der Waals surface area (Å²) < 4.78 is 0. The number of carbonyl (C=O) groups is 1. The first-order valence-corrected chi connectivity index (χ1v) is 9.65. The number of carbonyl (C=O) groups excluding carboxylic acids is 1. The van der Waals surface area contributed by atoms with E-state index in [1.807, 2.05) is 60.7 Å². The molecule has 3 aromatic rings. The molecule has 0 unspecified atom stereocenters. The highest BCUT2D eigenvalue weighted by molar-refractivity contribution is 8.13. The molecule has 5 heteroatoms. The predicted octanol–water partition coefficient (Wildman–Crippen LogP) is 5.80. The van der Waals surface area contributed by atoms with E-state index in [-0.39, 0.29) is 10.8 Å². The molecule has 0 N–H and O–H groups in total. The summed E-state index contributed by atoms with van der Waals surface area (Å²) >= 11 is 1.16. The van der Waals surface area contributed by atoms with Gasteiger partial charge in [-0.25, -0.2) is 0 Å². The zero-order valence-corrected chi connectivity index (χ0v) is 16.5. The summed E-state index contributed by atoms with van der Waals surface area (Å²) in [6.07, 6.45) is 3.57. The summed E-state index contributed by atoms with van der Waals surface area (Å²) in [7, 11) is 0. The summed E-state index contributed by atoms with van der Waals surface area (Å²) in [6, 6.07) is 21.9. The second kappa shape index (κ2) is 9.54. The maximum Gasteiger partial charge on any atom is 0.277 e. The minimum atomic E-state index is -0.399. The van der Waals surface area contributed by atoms with Gasteiger partial charge in [0.05, 0.1) is 10.5 Å². The maximum absolute atomic E-state index is 11.5. The summed E-state index contributed by atoms with van der Waals surface area (Å²) in [4.78, 5) is 23.1. The van der Waals surface area contributed by atoms with Crippen molar-refractivity contribution in [3.63, 3.8) is 0 Å². The molecule has 3 rings (SSSR count). The fraction of sp³-hybridized carbons (Fsp3) is 0.0417. The predicted molar refractivity (Wildman–Crippen MR) is 117 cm³/mol. The van der Waals surface area contributed by atoms with Crippen LogP contribution in [0.5, 0.6) is 0 Å². The first-order valence-electron chi connectivity index (χ1n) is 8.83. The number of thioether (sulfide) groups is 1. The molecule has 0 saturated carbocycles. The van der Waals surface area contributed by atoms with Gasteiger partial charge in [-0.05, 0) is 48.0 Å². The first kappa shape index (κ1) is 20.1. The van der Waals surface area contributed by atoms with Crippen molar-refractivity contribution in [1.29, 1.82) is 0 Å². The third-order valence-electron chi connectivity index (χ3n) is 3.95. The van der Waals surface area contributed by atoms with Gasteiger partial charge in [-0.15, -0.1) is 0 Å². The highest BCUT2D eigenvalue weighted by Gasteiger charge is 2.11. The van der Waals surface area contributed by atoms with Crippen LogP contribution in [0.25, 0.3) is 12.2 Å². The summed E-state index contributed by atoms with van der Waals surface area (Å²) in [5.74, 6) is 5.97. The van der Waals surface area contributed by atoms with E-state index < -0.39 is 4.92 Å². The van der Waals surface area contributed by atoms with Gasteiger partial charge < -0.3 is 0 Å². The monoisotopic (exact) mass is 399 g/mol. The molecule has 0 radical (unpaired) electrons. The van der Waals surface area contributed by atoms with Crippen molar-refractivity contribution in [1.82, 2.24) is 0 Å². The van der Waals surface area contributed by atoms with Crippen LogP contribution in [0.3, 0.4) is 0 Å². The minimum Gasteiger partial charge on any atom is -0.287 e. The van der Waals surface area contributed by atoms with E-state index in [9.17, 15) is 14.9 Å². The lowest BCUT2D eigenvalue weighted by Gasteiger charge is -1.99. The van der Waals surface area contributed by atoms with E-state index in [0.717, 1.165) is 27.8 Å². The molecule has 0 spiro atoms. The Hall–Kier alpha value is -3.62. The molecule has 0 aliphatic heterocycles. The molecular weight excluding hydrogens is 382 g/mol. The molecule has 0 aliphatic rings. The van der Waals surface area contributed by atoms with Gasteiger partial charge in [0, 0.05) is 29.0 Å². The zero-order valence-electron chi connectivity index (χ0n) is 15.7. The van der Waals surface area contributed by atoms with E-state index in [0.29, 0.717) is 11.1 Å². The lowest BCUT2D eigenvalue weighted by molar-refractivity contribution is -0.385. The van der Waals surface area contributed by atoms with Gasteiger partial charge in [0.1, 0.15) is 0 Å². The largest absolute Gasteiger partial charge is 0.287 e. The van der Waals surface area contributed by atoms with Gasteiger partial charge in [-0.1, -0.05) is 60.0 Å². The van der Waals surface area contributed by atoms with Crippen molar-refractivity contribution in [3.05, 3.63) is 105 Å². The fourth-order valence-electron chi connectivity index (χ4n) is 2.59. The third-order valence-corrected chi connectivity index (χ3v) is 4.74. The van der Waals surface area contributed by atoms with Crippen LogP contribution in [0.15, 0.2) is 77.7 Å². The number of hydrogen-bond donors (Lipinski definition) is 0. The first-order chi connectivity index (χ1) is 14.0. The molecule has 0 saturated heterocycles. The average Bonchev–Trinajstić information content (AvgIpc) is 2.72. The van der Waals surface area contributed by atoms with E-state index in [1.54, 1.807) is 18.2 Å². The number of rotatable bonds is 4. The topological polar surface area (TPSA) is 60.2 Å². The summed E-state index contributed by atoms with van der Waals surface area (Å²) in [5, 5.41) is 11.5. The van der Waals surface area contributed by atoms with Gasteiger partial charge in [0.2, 0.25) is 0 Å². The van der Waals surface area contributed by atoms with Crippen molar-refractivity contribution < 1.29 is 9.72 Å². The molecule has 29 heavy (non-hydrogen) atoms. The quantitative estimate of drug-likeness (QED) is 0.183. The molecule has 0 aliphatic carbocycles. The van der Waals surface area contributed by atoms with Crippen LogP contribution in [0.1, 0.15) is 29.2 Å². The molecule has 0 aromatic heterocycles. The van der Waals surface area contributed by atoms with Crippen molar-refractivity contribution >= 4 is 34.7 Å². The highest BCUT2D eigenvalue weighted by Crippen LogP contribution is 2.23. The molecule has 0 atom stereocenters. The van der Waals surface area contributed by atoms with E-state index in [1.165, 1.54) is 13.0 Å². The minimum absolute atomic E-state index is 0.0113. The van der Waals surface area contributed by atoms with Gasteiger partial charge in [-0.2, -0.15) is 0 Å². The molecular formula is C24H17NO3S. The molecule has 0 heterocycles. The number of hydrogen-bond acceptors (Lipinski definition) is 4. The maximum atomic E-state index is 11.5. The molecule has 0 bridgehead atoms. The van der Waals surface area contributed by atoms with Gasteiger partial charge >= 0.3 is 0 Å². The normalized spacial score (nSPS) is 10.4. The Bertz CT molecular complexity index is 1120. The summed E-state index contributed by atoms with van der Waals surface area (Å²) in [5.41, 5.74) is 2.84. The van der Waals surface area contributed by atoms with Crippen LogP contribution in [0, 0.1) is 22.0 Å². The van der Waals surface area contributed by atoms with Gasteiger partial charge in [-0.3, -0.25) is 14.9 Å². The van der Waals surface area contributed by atoms with Crippen molar-refractivity contribution in [3.8, 4) is 11.8 Å². The Morgan fingerprint density at radius 1 is 0.931 bits per heavy atom. The van der Waals surface area contributed by atoms with Crippen LogP contribution < -0.4 is 0 Å². The second-order valence-electron chi connectivity index (χ2n) is 6.14. The van der Waals surface area contributed by atoms with Gasteiger partial charge in [0.25, 0.3) is 5.69 Å². The molecule has 4 nitrogen and oxygen atoms in total. The zero-order chi connectivity index (χ0) is 20.6. The van der Waals surface area contributed by atoms with Crippen molar-refractivity contribution in [2.24, 2.45) is 0 Å². The van der Waals surface area contributed by atoms with Crippen molar-refractivity contribution in [2.75, 3.05) is 0 Å². The summed E-state index contributed by atoms with van der Waals surface area (Å²) in [6.45, 7) is 1.52. The molecule has 3 aromatic carbocycles. The van der Waals surface area contributed by atoms with Crippen LogP contribution in [0.2, 0.25) is 0 Å². The van der Waals surface area contributed by atoms with E-state index >= 15 is 0 Å². The Balaban J connectivity index is 1.82. The number of nitro benzene ring substituents is 1. The van der Waals surface area contributed by atoms with Crippen molar-refractivity contribution in [2.45, 2.75) is 11.8 Å². The molecule has 142 valence electrons. The number of nitro groups is 1. The van der Waals surface area contributed by atoms with E-state index in [2.05, 4.69) is 11.8 Å². The Morgan fingerprint density at radius 2 is 1.59 bits per heavy atom. The van der Waals surface area contributed by atoms with E-state index in [4.69, 9.17) is 0 Å². The standard InChI is InChI=1S/C24H17NO3S/c1-18(26)29-23-15-11-20(12-16-23)7-8-21-10-14-22(24(17-21)25(27)28)13-9-19-5-3-2-4-6-19/h2-6,9-17H,1H3/b13-9+. The Morgan fingerprint density at radius 3 is 2.24 bits per heavy atom. The lowest BCUT2D eigenvalue weighted by atomic mass is 10.1. The Labute approximate surface area is 173 Å². The smallest absolute Gasteiger partial charge is 0.277 e. The lowest BCUT2D eigenvalue weighted by Crippen LogP contribution is -1.92. The van der Waals surface area contributed by atoms with Gasteiger partial charge in [0.15, 0.2) is 5.12 Å². The fourth-order valence-corrected chi connectivity index (χ4v) is 3.19. The third kappa shape index (κ3) is 5.93. The molecule has 0 fully saturated rings. The molecule has 0 amide bonds. The SMILES string of the molecule is CC(=O)Sc1ccc(C#Cc2ccc(/C=C/c3ccccc3)c([N+](=O)[O-])c2)cc1. The number of benzene rings is 3. The van der Waals surface area contributed by atoms with Crippen LogP contribution in [0.4, 0.5) is 5.69 Å². The highest BCUT2D eigenvalue weighted by atomic mass is 32.2. The average molecular weight is 399 g/mol. The second-order valence-corrected chi connectivity index (χ2v) is 7.39.